The third-order valence-electron chi connectivity index (χ3n) is 5.01. The molecule has 1 atom stereocenters. The second-order valence-corrected chi connectivity index (χ2v) is 5.74. The molecular weight excluding hydrogens is 240 g/mol. The summed E-state index contributed by atoms with van der Waals surface area (Å²) in [5.74, 6) is 0. The average Bonchev–Trinajstić information content (AvgIpc) is 2.91. The van der Waals surface area contributed by atoms with E-state index in [0.717, 1.165) is 18.4 Å². The molecule has 1 aromatic rings. The largest absolute Gasteiger partial charge is 0.465 e. The Bertz CT molecular complexity index is 466. The Labute approximate surface area is 113 Å². The van der Waals surface area contributed by atoms with E-state index in [1.165, 1.54) is 12.8 Å². The summed E-state index contributed by atoms with van der Waals surface area (Å²) in [7, 11) is 2.14. The van der Waals surface area contributed by atoms with Gasteiger partial charge >= 0.3 is 6.09 Å². The van der Waals surface area contributed by atoms with Crippen LogP contribution in [-0.2, 0) is 0 Å². The standard InChI is InChI=1S/C15H20N2O2/c1-17-12-7-9-15(17,10-8-12)13(16-14(18)19)11-5-3-2-4-6-11/h2-6,12-13,16H,7-10H2,1H3,(H,18,19). The van der Waals surface area contributed by atoms with Gasteiger partial charge in [0, 0.05) is 11.6 Å². The highest BCUT2D eigenvalue weighted by Gasteiger charge is 2.54. The van der Waals surface area contributed by atoms with E-state index in [-0.39, 0.29) is 11.6 Å². The number of fused-ring (bicyclic) bond motifs is 2. The van der Waals surface area contributed by atoms with E-state index in [2.05, 4.69) is 17.3 Å². The molecule has 0 radical (unpaired) electrons. The Morgan fingerprint density at radius 1 is 1.37 bits per heavy atom. The first-order valence-electron chi connectivity index (χ1n) is 6.91. The van der Waals surface area contributed by atoms with Gasteiger partial charge in [-0.05, 0) is 38.3 Å². The molecular formula is C15H20N2O2. The zero-order valence-electron chi connectivity index (χ0n) is 11.2. The van der Waals surface area contributed by atoms with Crippen LogP contribution in [0.25, 0.3) is 0 Å². The van der Waals surface area contributed by atoms with Gasteiger partial charge in [0.1, 0.15) is 0 Å². The molecule has 4 heteroatoms. The fraction of sp³-hybridized carbons (Fsp3) is 0.533. The van der Waals surface area contributed by atoms with Crippen LogP contribution in [0.1, 0.15) is 37.3 Å². The first kappa shape index (κ1) is 12.5. The lowest BCUT2D eigenvalue weighted by Crippen LogP contribution is -2.50. The van der Waals surface area contributed by atoms with Gasteiger partial charge < -0.3 is 10.4 Å². The molecule has 102 valence electrons. The van der Waals surface area contributed by atoms with E-state index >= 15 is 0 Å². The minimum Gasteiger partial charge on any atom is -0.465 e. The van der Waals surface area contributed by atoms with Gasteiger partial charge in [-0.2, -0.15) is 0 Å². The van der Waals surface area contributed by atoms with Crippen molar-refractivity contribution in [1.82, 2.24) is 10.2 Å². The maximum atomic E-state index is 11.2. The van der Waals surface area contributed by atoms with Crippen LogP contribution in [0.5, 0.6) is 0 Å². The van der Waals surface area contributed by atoms with Crippen molar-refractivity contribution >= 4 is 6.09 Å². The minimum atomic E-state index is -0.938. The van der Waals surface area contributed by atoms with Gasteiger partial charge in [-0.3, -0.25) is 4.90 Å². The van der Waals surface area contributed by atoms with Crippen molar-refractivity contribution in [3.05, 3.63) is 35.9 Å². The molecule has 1 unspecified atom stereocenters. The summed E-state index contributed by atoms with van der Waals surface area (Å²) in [4.78, 5) is 13.6. The maximum Gasteiger partial charge on any atom is 0.405 e. The monoisotopic (exact) mass is 260 g/mol. The van der Waals surface area contributed by atoms with E-state index in [1.807, 2.05) is 30.3 Å². The number of carbonyl (C=O) groups is 1. The van der Waals surface area contributed by atoms with Crippen molar-refractivity contribution in [2.24, 2.45) is 0 Å². The number of rotatable bonds is 3. The highest BCUT2D eigenvalue weighted by Crippen LogP contribution is 2.51. The van der Waals surface area contributed by atoms with Gasteiger partial charge in [-0.1, -0.05) is 30.3 Å². The normalized spacial score (nSPS) is 31.3. The van der Waals surface area contributed by atoms with E-state index < -0.39 is 6.09 Å². The number of carboxylic acid groups (broad SMARTS) is 1. The van der Waals surface area contributed by atoms with Crippen molar-refractivity contribution in [2.75, 3.05) is 7.05 Å². The molecule has 1 aromatic carbocycles. The van der Waals surface area contributed by atoms with Gasteiger partial charge in [-0.25, -0.2) is 4.79 Å². The van der Waals surface area contributed by atoms with E-state index in [1.54, 1.807) is 0 Å². The second-order valence-electron chi connectivity index (χ2n) is 5.74. The fourth-order valence-electron chi connectivity index (χ4n) is 4.00. The van der Waals surface area contributed by atoms with Crippen molar-refractivity contribution in [1.29, 1.82) is 0 Å². The summed E-state index contributed by atoms with van der Waals surface area (Å²) < 4.78 is 0. The number of benzene rings is 1. The summed E-state index contributed by atoms with van der Waals surface area (Å²) in [5, 5.41) is 11.9. The Balaban J connectivity index is 1.98. The summed E-state index contributed by atoms with van der Waals surface area (Å²) >= 11 is 0. The van der Waals surface area contributed by atoms with E-state index in [9.17, 15) is 9.90 Å². The summed E-state index contributed by atoms with van der Waals surface area (Å²) in [6, 6.07) is 10.5. The second kappa shape index (κ2) is 4.53. The molecule has 0 aliphatic carbocycles. The predicted molar refractivity (Wildman–Crippen MR) is 73.1 cm³/mol. The summed E-state index contributed by atoms with van der Waals surface area (Å²) in [6.07, 6.45) is 3.58. The molecule has 2 N–H and O–H groups in total. The molecule has 2 aliphatic heterocycles. The molecule has 19 heavy (non-hydrogen) atoms. The van der Waals surface area contributed by atoms with Crippen LogP contribution >= 0.6 is 0 Å². The van der Waals surface area contributed by atoms with Crippen LogP contribution in [0.3, 0.4) is 0 Å². The van der Waals surface area contributed by atoms with Gasteiger partial charge in [0.25, 0.3) is 0 Å². The highest BCUT2D eigenvalue weighted by atomic mass is 16.4. The minimum absolute atomic E-state index is 0.0373. The Morgan fingerprint density at radius 3 is 2.47 bits per heavy atom. The molecule has 4 nitrogen and oxygen atoms in total. The highest BCUT2D eigenvalue weighted by molar-refractivity contribution is 5.65. The number of nitrogens with zero attached hydrogens (tertiary/aromatic N) is 1. The van der Waals surface area contributed by atoms with Gasteiger partial charge in [-0.15, -0.1) is 0 Å². The molecule has 0 aromatic heterocycles. The zero-order valence-corrected chi connectivity index (χ0v) is 11.2. The third-order valence-corrected chi connectivity index (χ3v) is 5.01. The molecule has 2 bridgehead atoms. The Hall–Kier alpha value is -1.55. The first-order chi connectivity index (χ1) is 9.13. The lowest BCUT2D eigenvalue weighted by molar-refractivity contribution is 0.126. The maximum absolute atomic E-state index is 11.2. The number of likely N-dealkylation sites (N-methyl/N-ethyl adjacent to an activating group) is 1. The smallest absolute Gasteiger partial charge is 0.405 e. The van der Waals surface area contributed by atoms with Crippen molar-refractivity contribution in [2.45, 2.75) is 43.3 Å². The third kappa shape index (κ3) is 1.91. The molecule has 2 heterocycles. The van der Waals surface area contributed by atoms with Crippen molar-refractivity contribution < 1.29 is 9.90 Å². The van der Waals surface area contributed by atoms with E-state index in [4.69, 9.17) is 0 Å². The number of amides is 1. The molecule has 2 aliphatic rings. The van der Waals surface area contributed by atoms with E-state index in [0.29, 0.717) is 6.04 Å². The predicted octanol–water partition coefficient (Wildman–Crippen LogP) is 2.62. The lowest BCUT2D eigenvalue weighted by Gasteiger charge is -2.40. The summed E-state index contributed by atoms with van der Waals surface area (Å²) in [5.41, 5.74) is 1.03. The van der Waals surface area contributed by atoms with Crippen LogP contribution in [-0.4, -0.2) is 34.7 Å². The Kier molecular flexibility index (Phi) is 2.97. The van der Waals surface area contributed by atoms with Crippen LogP contribution in [0.2, 0.25) is 0 Å². The van der Waals surface area contributed by atoms with Crippen LogP contribution in [0.15, 0.2) is 30.3 Å². The van der Waals surface area contributed by atoms with Crippen LogP contribution in [0, 0.1) is 0 Å². The van der Waals surface area contributed by atoms with Crippen molar-refractivity contribution in [3.8, 4) is 0 Å². The molecule has 0 saturated carbocycles. The first-order valence-corrected chi connectivity index (χ1v) is 6.91. The molecule has 3 rings (SSSR count). The van der Waals surface area contributed by atoms with Gasteiger partial charge in [0.2, 0.25) is 0 Å². The molecule has 2 fully saturated rings. The quantitative estimate of drug-likeness (QED) is 0.878. The molecule has 1 amide bonds. The van der Waals surface area contributed by atoms with Gasteiger partial charge in [0.05, 0.1) is 6.04 Å². The number of hydrogen-bond acceptors (Lipinski definition) is 2. The molecule has 0 spiro atoms. The number of nitrogens with one attached hydrogen (secondary N) is 1. The Morgan fingerprint density at radius 2 is 2.00 bits per heavy atom. The molecule has 2 saturated heterocycles. The number of hydrogen-bond donors (Lipinski definition) is 2. The van der Waals surface area contributed by atoms with Crippen LogP contribution in [0.4, 0.5) is 4.79 Å². The van der Waals surface area contributed by atoms with Gasteiger partial charge in [0.15, 0.2) is 0 Å². The summed E-state index contributed by atoms with van der Waals surface area (Å²) in [6.45, 7) is 0. The van der Waals surface area contributed by atoms with Crippen molar-refractivity contribution in [3.63, 3.8) is 0 Å². The average molecular weight is 260 g/mol. The fourth-order valence-corrected chi connectivity index (χ4v) is 4.00. The zero-order chi connectivity index (χ0) is 13.5. The topological polar surface area (TPSA) is 52.6 Å². The lowest BCUT2D eigenvalue weighted by atomic mass is 9.78. The van der Waals surface area contributed by atoms with Crippen LogP contribution < -0.4 is 5.32 Å². The SMILES string of the molecule is CN1C2CCC1(C(NC(=O)O)c1ccccc1)CC2.